The molecule has 0 atom stereocenters. The fourth-order valence-electron chi connectivity index (χ4n) is 5.92. The van der Waals surface area contributed by atoms with Crippen molar-refractivity contribution >= 4 is 0 Å². The van der Waals surface area contributed by atoms with E-state index in [4.69, 9.17) is 5.73 Å². The number of aromatic amines is 1. The molecular weight excluding hydrogens is 244 g/mol. The van der Waals surface area contributed by atoms with Gasteiger partial charge in [-0.15, -0.1) is 0 Å². The first kappa shape index (κ1) is 12.9. The SMILES string of the molecule is CC(C)c1[nH]c(C23CC4CC(CC(C4)C2)C3)cc1CN. The van der Waals surface area contributed by atoms with Crippen LogP contribution in [0.5, 0.6) is 0 Å². The second-order valence-electron chi connectivity index (χ2n) is 8.18. The molecular formula is C18H28N2. The summed E-state index contributed by atoms with van der Waals surface area (Å²) in [6.45, 7) is 5.22. The van der Waals surface area contributed by atoms with E-state index in [0.717, 1.165) is 17.8 Å². The minimum Gasteiger partial charge on any atom is -0.361 e. The van der Waals surface area contributed by atoms with Gasteiger partial charge in [0.05, 0.1) is 0 Å². The van der Waals surface area contributed by atoms with Crippen LogP contribution in [0.2, 0.25) is 0 Å². The number of rotatable bonds is 3. The van der Waals surface area contributed by atoms with Crippen LogP contribution in [0.3, 0.4) is 0 Å². The van der Waals surface area contributed by atoms with E-state index in [0.29, 0.717) is 17.9 Å². The number of nitrogens with one attached hydrogen (secondary N) is 1. The smallest absolute Gasteiger partial charge is 0.0220 e. The molecule has 4 bridgehead atoms. The van der Waals surface area contributed by atoms with E-state index in [1.165, 1.54) is 55.5 Å². The minimum atomic E-state index is 0.478. The zero-order chi connectivity index (χ0) is 13.9. The van der Waals surface area contributed by atoms with Gasteiger partial charge in [0, 0.05) is 23.3 Å². The molecule has 1 heterocycles. The largest absolute Gasteiger partial charge is 0.361 e. The first-order valence-electron chi connectivity index (χ1n) is 8.52. The van der Waals surface area contributed by atoms with Crippen molar-refractivity contribution in [2.24, 2.45) is 23.5 Å². The lowest BCUT2D eigenvalue weighted by Gasteiger charge is -2.56. The van der Waals surface area contributed by atoms with Gasteiger partial charge in [0.25, 0.3) is 0 Å². The predicted molar refractivity (Wildman–Crippen MR) is 82.6 cm³/mol. The van der Waals surface area contributed by atoms with Crippen molar-refractivity contribution in [3.8, 4) is 0 Å². The van der Waals surface area contributed by atoms with Gasteiger partial charge in [-0.3, -0.25) is 0 Å². The van der Waals surface area contributed by atoms with Crippen molar-refractivity contribution in [3.63, 3.8) is 0 Å². The lowest BCUT2D eigenvalue weighted by Crippen LogP contribution is -2.48. The third kappa shape index (κ3) is 1.80. The van der Waals surface area contributed by atoms with E-state index >= 15 is 0 Å². The fraction of sp³-hybridized carbons (Fsp3) is 0.778. The van der Waals surface area contributed by atoms with Gasteiger partial charge in [-0.05, 0) is 73.8 Å². The highest BCUT2D eigenvalue weighted by molar-refractivity contribution is 5.34. The van der Waals surface area contributed by atoms with Crippen molar-refractivity contribution in [2.45, 2.75) is 70.3 Å². The van der Waals surface area contributed by atoms with Crippen molar-refractivity contribution in [3.05, 3.63) is 23.0 Å². The van der Waals surface area contributed by atoms with Gasteiger partial charge in [-0.25, -0.2) is 0 Å². The first-order valence-corrected chi connectivity index (χ1v) is 8.52. The molecule has 2 heteroatoms. The third-order valence-electron chi connectivity index (χ3n) is 6.34. The van der Waals surface area contributed by atoms with Gasteiger partial charge in [0.15, 0.2) is 0 Å². The Morgan fingerprint density at radius 3 is 2.10 bits per heavy atom. The molecule has 0 aromatic carbocycles. The molecule has 1 aromatic heterocycles. The van der Waals surface area contributed by atoms with Crippen LogP contribution in [-0.2, 0) is 12.0 Å². The number of aromatic nitrogens is 1. The van der Waals surface area contributed by atoms with Crippen LogP contribution < -0.4 is 5.73 Å². The van der Waals surface area contributed by atoms with E-state index in [1.54, 1.807) is 0 Å². The molecule has 0 spiro atoms. The van der Waals surface area contributed by atoms with E-state index in [1.807, 2.05) is 0 Å². The lowest BCUT2D eigenvalue weighted by molar-refractivity contribution is -0.00703. The Morgan fingerprint density at radius 1 is 1.15 bits per heavy atom. The molecule has 1 aromatic rings. The van der Waals surface area contributed by atoms with Crippen molar-refractivity contribution in [1.82, 2.24) is 4.98 Å². The summed E-state index contributed by atoms with van der Waals surface area (Å²) in [6.07, 6.45) is 8.84. The summed E-state index contributed by atoms with van der Waals surface area (Å²) in [6, 6.07) is 2.42. The highest BCUT2D eigenvalue weighted by Gasteiger charge is 2.52. The normalized spacial score (nSPS) is 38.9. The summed E-state index contributed by atoms with van der Waals surface area (Å²) in [5.74, 6) is 3.58. The van der Waals surface area contributed by atoms with Crippen LogP contribution in [-0.4, -0.2) is 4.98 Å². The Morgan fingerprint density at radius 2 is 1.70 bits per heavy atom. The lowest BCUT2D eigenvalue weighted by atomic mass is 9.49. The highest BCUT2D eigenvalue weighted by Crippen LogP contribution is 2.60. The molecule has 0 aliphatic heterocycles. The molecule has 3 N–H and O–H groups in total. The molecule has 0 saturated heterocycles. The molecule has 4 aliphatic rings. The number of nitrogens with two attached hydrogens (primary N) is 1. The molecule has 4 saturated carbocycles. The van der Waals surface area contributed by atoms with Crippen LogP contribution >= 0.6 is 0 Å². The Hall–Kier alpha value is -0.760. The fourth-order valence-corrected chi connectivity index (χ4v) is 5.92. The van der Waals surface area contributed by atoms with Crippen molar-refractivity contribution < 1.29 is 0 Å². The Labute approximate surface area is 122 Å². The van der Waals surface area contributed by atoms with Crippen molar-refractivity contribution in [1.29, 1.82) is 0 Å². The predicted octanol–water partition coefficient (Wildman–Crippen LogP) is 4.06. The summed E-state index contributed by atoms with van der Waals surface area (Å²) < 4.78 is 0. The van der Waals surface area contributed by atoms with Crippen LogP contribution in [0.4, 0.5) is 0 Å². The van der Waals surface area contributed by atoms with Gasteiger partial charge < -0.3 is 10.7 Å². The van der Waals surface area contributed by atoms with Crippen molar-refractivity contribution in [2.75, 3.05) is 0 Å². The average Bonchev–Trinajstić information content (AvgIpc) is 2.82. The molecule has 2 nitrogen and oxygen atoms in total. The van der Waals surface area contributed by atoms with E-state index in [2.05, 4.69) is 24.9 Å². The first-order chi connectivity index (χ1) is 9.59. The Kier molecular flexibility index (Phi) is 2.82. The van der Waals surface area contributed by atoms with Crippen LogP contribution in [0.25, 0.3) is 0 Å². The van der Waals surface area contributed by atoms with Gasteiger partial charge in [0.2, 0.25) is 0 Å². The second-order valence-corrected chi connectivity index (χ2v) is 8.18. The summed E-state index contributed by atoms with van der Waals surface area (Å²) >= 11 is 0. The van der Waals surface area contributed by atoms with E-state index < -0.39 is 0 Å². The molecule has 4 fully saturated rings. The third-order valence-corrected chi connectivity index (χ3v) is 6.34. The molecule has 0 radical (unpaired) electrons. The number of H-pyrrole nitrogens is 1. The standard InChI is InChI=1S/C18H28N2/c1-11(2)17-15(10-19)6-16(20-17)18-7-12-3-13(8-18)5-14(4-12)9-18/h6,11-14,20H,3-5,7-10,19H2,1-2H3. The number of hydrogen-bond acceptors (Lipinski definition) is 1. The molecule has 4 aliphatic carbocycles. The second kappa shape index (κ2) is 4.37. The molecule has 0 amide bonds. The average molecular weight is 272 g/mol. The summed E-state index contributed by atoms with van der Waals surface area (Å²) in [5.41, 5.74) is 10.7. The quantitative estimate of drug-likeness (QED) is 0.856. The van der Waals surface area contributed by atoms with Gasteiger partial charge >= 0.3 is 0 Å². The molecule has 0 unspecified atom stereocenters. The maximum Gasteiger partial charge on any atom is 0.0220 e. The molecule has 110 valence electrons. The highest BCUT2D eigenvalue weighted by atomic mass is 14.8. The molecule has 20 heavy (non-hydrogen) atoms. The summed E-state index contributed by atoms with van der Waals surface area (Å²) in [5, 5.41) is 0. The zero-order valence-electron chi connectivity index (χ0n) is 12.9. The van der Waals surface area contributed by atoms with Crippen LogP contribution in [0.1, 0.15) is 75.2 Å². The maximum absolute atomic E-state index is 5.97. The Balaban J connectivity index is 1.73. The van der Waals surface area contributed by atoms with Gasteiger partial charge in [0.1, 0.15) is 0 Å². The topological polar surface area (TPSA) is 41.8 Å². The number of hydrogen-bond donors (Lipinski definition) is 2. The Bertz CT molecular complexity index is 476. The van der Waals surface area contributed by atoms with E-state index in [-0.39, 0.29) is 0 Å². The zero-order valence-corrected chi connectivity index (χ0v) is 12.9. The van der Waals surface area contributed by atoms with E-state index in [9.17, 15) is 0 Å². The minimum absolute atomic E-state index is 0.478. The van der Waals surface area contributed by atoms with Crippen LogP contribution in [0.15, 0.2) is 6.07 Å². The monoisotopic (exact) mass is 272 g/mol. The summed E-state index contributed by atoms with van der Waals surface area (Å²) in [4.78, 5) is 3.81. The van der Waals surface area contributed by atoms with Gasteiger partial charge in [-0.1, -0.05) is 13.8 Å². The summed E-state index contributed by atoms with van der Waals surface area (Å²) in [7, 11) is 0. The van der Waals surface area contributed by atoms with Crippen LogP contribution in [0, 0.1) is 17.8 Å². The maximum atomic E-state index is 5.97. The molecule has 5 rings (SSSR count). The van der Waals surface area contributed by atoms with Gasteiger partial charge in [-0.2, -0.15) is 0 Å².